The van der Waals surface area contributed by atoms with Gasteiger partial charge in [-0.25, -0.2) is 0 Å². The molecule has 0 fully saturated rings. The summed E-state index contributed by atoms with van der Waals surface area (Å²) in [4.78, 5) is 24.4. The molecule has 4 unspecified atom stereocenters. The average Bonchev–Trinajstić information content (AvgIpc) is 2.40. The van der Waals surface area contributed by atoms with Crippen molar-refractivity contribution in [1.82, 2.24) is 10.6 Å². The van der Waals surface area contributed by atoms with Gasteiger partial charge in [0.1, 0.15) is 6.04 Å². The van der Waals surface area contributed by atoms with Crippen LogP contribution in [-0.4, -0.2) is 52.1 Å². The lowest BCUT2D eigenvalue weighted by Crippen LogP contribution is -2.67. The predicted octanol–water partition coefficient (Wildman–Crippen LogP) is -2.07. The Morgan fingerprint density at radius 3 is 1.88 bits per heavy atom. The molecule has 24 heavy (non-hydrogen) atoms. The van der Waals surface area contributed by atoms with E-state index in [9.17, 15) is 19.8 Å². The number of nitrogens with two attached hydrogens (primary N) is 3. The quantitative estimate of drug-likeness (QED) is 0.234. The number of carbonyl (C=O) groups is 2. The molecule has 0 aliphatic rings. The summed E-state index contributed by atoms with van der Waals surface area (Å²) < 4.78 is 0. The van der Waals surface area contributed by atoms with Gasteiger partial charge in [-0.1, -0.05) is 27.7 Å². The van der Waals surface area contributed by atoms with Crippen molar-refractivity contribution in [2.45, 2.75) is 71.1 Å². The van der Waals surface area contributed by atoms with Crippen LogP contribution in [0.2, 0.25) is 0 Å². The second kappa shape index (κ2) is 9.28. The first-order chi connectivity index (χ1) is 10.8. The zero-order valence-electron chi connectivity index (χ0n) is 15.1. The smallest absolute Gasteiger partial charge is 0.245 e. The lowest BCUT2D eigenvalue weighted by Gasteiger charge is -2.33. The molecular formula is C15H33N5O4. The molecule has 0 saturated heterocycles. The van der Waals surface area contributed by atoms with E-state index in [1.54, 1.807) is 13.8 Å². The van der Waals surface area contributed by atoms with Gasteiger partial charge in [0.2, 0.25) is 11.8 Å². The fraction of sp³-hybridized carbons (Fsp3) is 0.867. The van der Waals surface area contributed by atoms with Crippen LogP contribution >= 0.6 is 0 Å². The number of hydrogen-bond donors (Lipinski definition) is 7. The van der Waals surface area contributed by atoms with E-state index < -0.39 is 41.9 Å². The van der Waals surface area contributed by atoms with Gasteiger partial charge in [-0.15, -0.1) is 0 Å². The van der Waals surface area contributed by atoms with Gasteiger partial charge in [-0.3, -0.25) is 21.1 Å². The Hall–Kier alpha value is -1.26. The maximum atomic E-state index is 12.4. The minimum Gasteiger partial charge on any atom is -0.391 e. The second-order valence-corrected chi connectivity index (χ2v) is 7.07. The van der Waals surface area contributed by atoms with Crippen molar-refractivity contribution in [2.75, 3.05) is 0 Å². The Labute approximate surface area is 143 Å². The summed E-state index contributed by atoms with van der Waals surface area (Å²) in [6.45, 7) is 8.65. The van der Waals surface area contributed by atoms with Crippen molar-refractivity contribution in [1.29, 1.82) is 0 Å². The maximum Gasteiger partial charge on any atom is 0.245 e. The number of carbonyl (C=O) groups excluding carboxylic acids is 2. The Bertz CT molecular complexity index is 421. The third-order valence-corrected chi connectivity index (χ3v) is 3.67. The van der Waals surface area contributed by atoms with E-state index >= 15 is 0 Å². The topological polar surface area (TPSA) is 177 Å². The minimum atomic E-state index is -2.12. The molecule has 0 spiro atoms. The van der Waals surface area contributed by atoms with Crippen molar-refractivity contribution in [3.63, 3.8) is 0 Å². The summed E-state index contributed by atoms with van der Waals surface area (Å²) >= 11 is 0. The molecule has 0 aliphatic carbocycles. The highest BCUT2D eigenvalue weighted by Crippen LogP contribution is 2.11. The third kappa shape index (κ3) is 7.54. The van der Waals surface area contributed by atoms with E-state index in [-0.39, 0.29) is 11.8 Å². The van der Waals surface area contributed by atoms with Crippen molar-refractivity contribution in [2.24, 2.45) is 29.0 Å². The first-order valence-electron chi connectivity index (χ1n) is 8.11. The van der Waals surface area contributed by atoms with Crippen molar-refractivity contribution in [3.05, 3.63) is 0 Å². The molecule has 10 N–H and O–H groups in total. The number of rotatable bonds is 9. The van der Waals surface area contributed by atoms with E-state index in [0.29, 0.717) is 6.42 Å². The number of aliphatic hydroxyl groups excluding tert-OH is 1. The maximum absolute atomic E-state index is 12.4. The van der Waals surface area contributed by atoms with E-state index in [1.165, 1.54) is 6.92 Å². The summed E-state index contributed by atoms with van der Waals surface area (Å²) in [5.41, 5.74) is 16.7. The van der Waals surface area contributed by atoms with E-state index in [1.807, 2.05) is 13.8 Å². The van der Waals surface area contributed by atoms with Crippen molar-refractivity contribution in [3.8, 4) is 0 Å². The normalized spacial score (nSPS) is 17.3. The molecule has 4 atom stereocenters. The molecule has 0 aliphatic heterocycles. The zero-order chi connectivity index (χ0) is 19.2. The summed E-state index contributed by atoms with van der Waals surface area (Å²) in [6.07, 6.45) is -0.849. The fourth-order valence-electron chi connectivity index (χ4n) is 2.05. The highest BCUT2D eigenvalue weighted by atomic mass is 16.3. The molecule has 0 aromatic carbocycles. The minimum absolute atomic E-state index is 0.0999. The van der Waals surface area contributed by atoms with Gasteiger partial charge in [0.15, 0.2) is 5.85 Å². The Morgan fingerprint density at radius 1 is 1.04 bits per heavy atom. The van der Waals surface area contributed by atoms with Gasteiger partial charge in [0.25, 0.3) is 0 Å². The van der Waals surface area contributed by atoms with Gasteiger partial charge < -0.3 is 26.6 Å². The number of aliphatic hydroxyl groups is 2. The van der Waals surface area contributed by atoms with E-state index in [0.717, 1.165) is 0 Å². The van der Waals surface area contributed by atoms with Crippen LogP contribution in [0.5, 0.6) is 0 Å². The van der Waals surface area contributed by atoms with Gasteiger partial charge in [-0.2, -0.15) is 0 Å². The molecule has 0 aromatic rings. The first-order valence-corrected chi connectivity index (χ1v) is 8.11. The van der Waals surface area contributed by atoms with Gasteiger partial charge >= 0.3 is 0 Å². The lowest BCUT2D eigenvalue weighted by molar-refractivity contribution is -0.134. The molecule has 0 heterocycles. The lowest BCUT2D eigenvalue weighted by atomic mass is 9.99. The van der Waals surface area contributed by atoms with Crippen LogP contribution in [0, 0.1) is 11.8 Å². The molecule has 0 saturated carbocycles. The van der Waals surface area contributed by atoms with Gasteiger partial charge in [0, 0.05) is 0 Å². The molecule has 0 bridgehead atoms. The van der Waals surface area contributed by atoms with Gasteiger partial charge in [0.05, 0.1) is 18.2 Å². The molecule has 9 heteroatoms. The molecule has 0 radical (unpaired) electrons. The summed E-state index contributed by atoms with van der Waals surface area (Å²) in [6, 6.07) is -2.99. The molecular weight excluding hydrogens is 314 g/mol. The van der Waals surface area contributed by atoms with Crippen LogP contribution in [-0.2, 0) is 9.59 Å². The predicted molar refractivity (Wildman–Crippen MR) is 91.1 cm³/mol. The highest BCUT2D eigenvalue weighted by molar-refractivity contribution is 5.90. The average molecular weight is 347 g/mol. The van der Waals surface area contributed by atoms with Crippen LogP contribution in [0.25, 0.3) is 0 Å². The highest BCUT2D eigenvalue weighted by Gasteiger charge is 2.35. The summed E-state index contributed by atoms with van der Waals surface area (Å²) in [5, 5.41) is 24.5. The van der Waals surface area contributed by atoms with Gasteiger partial charge in [-0.05, 0) is 25.2 Å². The van der Waals surface area contributed by atoms with Crippen LogP contribution < -0.4 is 27.8 Å². The standard InChI is InChI=1S/C15H33N5O4/c1-7(2)6-10(15(17,18)24)19-14(23)12(9(5)21)20-13(22)11(16)8(3)4/h7-12,21,24H,6,16-18H2,1-5H3,(H,19,23)(H,20,22). The molecule has 142 valence electrons. The summed E-state index contributed by atoms with van der Waals surface area (Å²) in [5.74, 6) is -3.41. The Kier molecular flexibility index (Phi) is 8.80. The summed E-state index contributed by atoms with van der Waals surface area (Å²) in [7, 11) is 0. The molecule has 2 amide bonds. The molecule has 0 rings (SSSR count). The SMILES string of the molecule is CC(C)CC(NC(=O)C(NC(=O)C(N)C(C)C)C(C)O)C(N)(N)O. The fourth-order valence-corrected chi connectivity index (χ4v) is 2.05. The van der Waals surface area contributed by atoms with E-state index in [2.05, 4.69) is 10.6 Å². The third-order valence-electron chi connectivity index (χ3n) is 3.67. The van der Waals surface area contributed by atoms with Crippen molar-refractivity contribution < 1.29 is 19.8 Å². The van der Waals surface area contributed by atoms with Crippen molar-refractivity contribution >= 4 is 11.8 Å². The Morgan fingerprint density at radius 2 is 1.54 bits per heavy atom. The number of hydrogen-bond acceptors (Lipinski definition) is 7. The monoisotopic (exact) mass is 347 g/mol. The molecule has 0 aromatic heterocycles. The van der Waals surface area contributed by atoms with Crippen LogP contribution in [0.1, 0.15) is 41.0 Å². The van der Waals surface area contributed by atoms with Crippen LogP contribution in [0.3, 0.4) is 0 Å². The first kappa shape index (κ1) is 22.7. The van der Waals surface area contributed by atoms with Crippen LogP contribution in [0.15, 0.2) is 0 Å². The number of amides is 2. The van der Waals surface area contributed by atoms with E-state index in [4.69, 9.17) is 17.2 Å². The molecule has 9 nitrogen and oxygen atoms in total. The Balaban J connectivity index is 5.11. The largest absolute Gasteiger partial charge is 0.391 e. The second-order valence-electron chi connectivity index (χ2n) is 7.07. The number of nitrogens with one attached hydrogen (secondary N) is 2. The zero-order valence-corrected chi connectivity index (χ0v) is 15.1. The van der Waals surface area contributed by atoms with Crippen LogP contribution in [0.4, 0.5) is 0 Å².